The van der Waals surface area contributed by atoms with E-state index in [4.69, 9.17) is 21.1 Å². The largest absolute Gasteiger partial charge is 0.361 e. The number of guanidine groups is 1. The fourth-order valence-electron chi connectivity index (χ4n) is 2.54. The van der Waals surface area contributed by atoms with Crippen molar-refractivity contribution in [1.82, 2.24) is 15.4 Å². The molecular formula is C18H25ClN4O. The van der Waals surface area contributed by atoms with Crippen LogP contribution in [0.1, 0.15) is 29.5 Å². The second kappa shape index (κ2) is 8.73. The van der Waals surface area contributed by atoms with Crippen LogP contribution in [0.15, 0.2) is 33.8 Å². The van der Waals surface area contributed by atoms with E-state index in [1.807, 2.05) is 45.2 Å². The molecule has 0 aliphatic heterocycles. The van der Waals surface area contributed by atoms with Gasteiger partial charge in [-0.25, -0.2) is 0 Å². The Morgan fingerprint density at radius 3 is 2.58 bits per heavy atom. The van der Waals surface area contributed by atoms with Gasteiger partial charge < -0.3 is 14.7 Å². The summed E-state index contributed by atoms with van der Waals surface area (Å²) < 4.78 is 5.20. The van der Waals surface area contributed by atoms with Gasteiger partial charge in [-0.05, 0) is 44.9 Å². The molecule has 2 rings (SSSR count). The number of nitrogens with one attached hydrogen (secondary N) is 1. The SMILES string of the molecule is CCNC(=NCCc1c(C)noc1C)N(C)Cc1ccc(Cl)cc1. The highest BCUT2D eigenvalue weighted by Crippen LogP contribution is 2.13. The second-order valence-electron chi connectivity index (χ2n) is 5.77. The summed E-state index contributed by atoms with van der Waals surface area (Å²) in [6, 6.07) is 7.89. The minimum absolute atomic E-state index is 0.691. The molecule has 0 fully saturated rings. The maximum atomic E-state index is 5.94. The smallest absolute Gasteiger partial charge is 0.193 e. The highest BCUT2D eigenvalue weighted by atomic mass is 35.5. The van der Waals surface area contributed by atoms with Crippen LogP contribution >= 0.6 is 11.6 Å². The zero-order chi connectivity index (χ0) is 17.5. The zero-order valence-electron chi connectivity index (χ0n) is 14.8. The van der Waals surface area contributed by atoms with Gasteiger partial charge >= 0.3 is 0 Å². The maximum Gasteiger partial charge on any atom is 0.193 e. The molecular weight excluding hydrogens is 324 g/mol. The first-order valence-electron chi connectivity index (χ1n) is 8.17. The highest BCUT2D eigenvalue weighted by molar-refractivity contribution is 6.30. The van der Waals surface area contributed by atoms with Crippen molar-refractivity contribution in [2.24, 2.45) is 4.99 Å². The summed E-state index contributed by atoms with van der Waals surface area (Å²) in [5, 5.41) is 8.07. The number of hydrogen-bond donors (Lipinski definition) is 1. The maximum absolute atomic E-state index is 5.94. The molecule has 1 aromatic carbocycles. The Morgan fingerprint density at radius 2 is 2.00 bits per heavy atom. The number of aliphatic imine (C=N–C) groups is 1. The van der Waals surface area contributed by atoms with E-state index in [1.165, 1.54) is 5.56 Å². The van der Waals surface area contributed by atoms with Gasteiger partial charge in [-0.2, -0.15) is 0 Å². The molecule has 2 aromatic rings. The molecule has 130 valence electrons. The number of benzene rings is 1. The summed E-state index contributed by atoms with van der Waals surface area (Å²) >= 11 is 5.94. The van der Waals surface area contributed by atoms with Gasteiger partial charge in [0.15, 0.2) is 5.96 Å². The molecule has 0 saturated heterocycles. The molecule has 6 heteroatoms. The number of aromatic nitrogens is 1. The van der Waals surface area contributed by atoms with Crippen molar-refractivity contribution < 1.29 is 4.52 Å². The molecule has 24 heavy (non-hydrogen) atoms. The molecule has 0 saturated carbocycles. The number of hydrogen-bond acceptors (Lipinski definition) is 3. The van der Waals surface area contributed by atoms with E-state index in [0.29, 0.717) is 6.54 Å². The average Bonchev–Trinajstić information content (AvgIpc) is 2.88. The van der Waals surface area contributed by atoms with Gasteiger partial charge in [0.25, 0.3) is 0 Å². The van der Waals surface area contributed by atoms with Crippen molar-refractivity contribution in [3.8, 4) is 0 Å². The van der Waals surface area contributed by atoms with E-state index in [2.05, 4.69) is 22.3 Å². The lowest BCUT2D eigenvalue weighted by Crippen LogP contribution is -2.38. The molecule has 5 nitrogen and oxygen atoms in total. The Hall–Kier alpha value is -2.01. The summed E-state index contributed by atoms with van der Waals surface area (Å²) in [5.74, 6) is 1.77. The molecule has 0 aliphatic carbocycles. The van der Waals surface area contributed by atoms with Crippen molar-refractivity contribution in [3.05, 3.63) is 51.9 Å². The lowest BCUT2D eigenvalue weighted by Gasteiger charge is -2.22. The normalized spacial score (nSPS) is 11.6. The number of rotatable bonds is 6. The first-order valence-corrected chi connectivity index (χ1v) is 8.54. The van der Waals surface area contributed by atoms with Crippen LogP contribution in [-0.4, -0.2) is 36.2 Å². The average molecular weight is 349 g/mol. The molecule has 1 aromatic heterocycles. The summed E-state index contributed by atoms with van der Waals surface area (Å²) in [4.78, 5) is 6.83. The van der Waals surface area contributed by atoms with E-state index in [1.54, 1.807) is 0 Å². The monoisotopic (exact) mass is 348 g/mol. The minimum atomic E-state index is 0.691. The summed E-state index contributed by atoms with van der Waals surface area (Å²) in [6.07, 6.45) is 0.824. The van der Waals surface area contributed by atoms with Crippen LogP contribution in [0.2, 0.25) is 5.02 Å². The Bertz CT molecular complexity index is 659. The van der Waals surface area contributed by atoms with Crippen LogP contribution in [0.5, 0.6) is 0 Å². The van der Waals surface area contributed by atoms with Gasteiger partial charge in [-0.1, -0.05) is 28.9 Å². The molecule has 0 radical (unpaired) electrons. The van der Waals surface area contributed by atoms with Gasteiger partial charge in [-0.15, -0.1) is 0 Å². The summed E-state index contributed by atoms with van der Waals surface area (Å²) in [7, 11) is 2.03. The van der Waals surface area contributed by atoms with Gasteiger partial charge in [0, 0.05) is 37.3 Å². The fraction of sp³-hybridized carbons (Fsp3) is 0.444. The fourth-order valence-corrected chi connectivity index (χ4v) is 2.67. The van der Waals surface area contributed by atoms with Crippen LogP contribution in [0.4, 0.5) is 0 Å². The summed E-state index contributed by atoms with van der Waals surface area (Å²) in [6.45, 7) is 8.27. The van der Waals surface area contributed by atoms with Crippen molar-refractivity contribution >= 4 is 17.6 Å². The van der Waals surface area contributed by atoms with Crippen molar-refractivity contribution in [2.45, 2.75) is 33.7 Å². The third kappa shape index (κ3) is 4.99. The number of halogens is 1. The van der Waals surface area contributed by atoms with Crippen LogP contribution in [0.3, 0.4) is 0 Å². The Kier molecular flexibility index (Phi) is 6.67. The van der Waals surface area contributed by atoms with E-state index >= 15 is 0 Å². The van der Waals surface area contributed by atoms with Gasteiger partial charge in [0.2, 0.25) is 0 Å². The van der Waals surface area contributed by atoms with Gasteiger partial charge in [-0.3, -0.25) is 4.99 Å². The molecule has 0 aliphatic rings. The van der Waals surface area contributed by atoms with Crippen LogP contribution in [-0.2, 0) is 13.0 Å². The summed E-state index contributed by atoms with van der Waals surface area (Å²) in [5.41, 5.74) is 3.29. The molecule has 1 N–H and O–H groups in total. The molecule has 0 amide bonds. The van der Waals surface area contributed by atoms with Crippen molar-refractivity contribution in [3.63, 3.8) is 0 Å². The van der Waals surface area contributed by atoms with Crippen LogP contribution < -0.4 is 5.32 Å². The molecule has 0 unspecified atom stereocenters. The number of nitrogens with zero attached hydrogens (tertiary/aromatic N) is 3. The third-order valence-corrected chi connectivity index (χ3v) is 4.09. The second-order valence-corrected chi connectivity index (χ2v) is 6.21. The highest BCUT2D eigenvalue weighted by Gasteiger charge is 2.10. The van der Waals surface area contributed by atoms with Gasteiger partial charge in [0.05, 0.1) is 5.69 Å². The van der Waals surface area contributed by atoms with Crippen LogP contribution in [0, 0.1) is 13.8 Å². The van der Waals surface area contributed by atoms with Crippen molar-refractivity contribution in [2.75, 3.05) is 20.1 Å². The minimum Gasteiger partial charge on any atom is -0.361 e. The zero-order valence-corrected chi connectivity index (χ0v) is 15.5. The van der Waals surface area contributed by atoms with Crippen LogP contribution in [0.25, 0.3) is 0 Å². The lowest BCUT2D eigenvalue weighted by atomic mass is 10.1. The predicted molar refractivity (Wildman–Crippen MR) is 98.6 cm³/mol. The predicted octanol–water partition coefficient (Wildman–Crippen LogP) is 3.58. The number of aryl methyl sites for hydroxylation is 2. The first kappa shape index (κ1) is 18.3. The molecule has 1 heterocycles. The Balaban J connectivity index is 2.00. The molecule has 0 atom stereocenters. The van der Waals surface area contributed by atoms with E-state index in [0.717, 1.165) is 47.5 Å². The van der Waals surface area contributed by atoms with Gasteiger partial charge in [0.1, 0.15) is 5.76 Å². The van der Waals surface area contributed by atoms with E-state index < -0.39 is 0 Å². The quantitative estimate of drug-likeness (QED) is 0.640. The molecule has 0 spiro atoms. The standard InChI is InChI=1S/C18H25ClN4O/c1-5-20-18(21-11-10-17-13(2)22-24-14(17)3)23(4)12-15-6-8-16(19)9-7-15/h6-9H,5,10-12H2,1-4H3,(H,20,21). The van der Waals surface area contributed by atoms with E-state index in [-0.39, 0.29) is 0 Å². The topological polar surface area (TPSA) is 53.7 Å². The first-order chi connectivity index (χ1) is 11.5. The van der Waals surface area contributed by atoms with E-state index in [9.17, 15) is 0 Å². The Morgan fingerprint density at radius 1 is 1.29 bits per heavy atom. The molecule has 0 bridgehead atoms. The van der Waals surface area contributed by atoms with Crippen molar-refractivity contribution in [1.29, 1.82) is 0 Å². The lowest BCUT2D eigenvalue weighted by molar-refractivity contribution is 0.392. The Labute approximate surface area is 148 Å². The third-order valence-electron chi connectivity index (χ3n) is 3.83.